The van der Waals surface area contributed by atoms with Gasteiger partial charge in [-0.05, 0) is 45.3 Å². The van der Waals surface area contributed by atoms with E-state index in [4.69, 9.17) is 5.73 Å². The van der Waals surface area contributed by atoms with Gasteiger partial charge in [0.1, 0.15) is 0 Å². The fraction of sp³-hybridized carbons (Fsp3) is 0.917. The maximum Gasteiger partial charge on any atom is 0.221 e. The van der Waals surface area contributed by atoms with Crippen molar-refractivity contribution in [3.05, 3.63) is 0 Å². The standard InChI is InChI=1S/C12H25N3O/c1-3-15-6-4-11(5-7-15)9-14-12(16)8-10(2)13/h10-11H,3-9,13H2,1-2H3,(H,14,16). The van der Waals surface area contributed by atoms with E-state index in [1.54, 1.807) is 0 Å². The molecule has 0 spiro atoms. The van der Waals surface area contributed by atoms with Crippen molar-refractivity contribution in [1.29, 1.82) is 0 Å². The molecule has 4 nitrogen and oxygen atoms in total. The number of rotatable bonds is 5. The predicted molar refractivity (Wildman–Crippen MR) is 66.1 cm³/mol. The summed E-state index contributed by atoms with van der Waals surface area (Å²) in [4.78, 5) is 13.9. The average Bonchev–Trinajstić information content (AvgIpc) is 2.26. The van der Waals surface area contributed by atoms with Crippen LogP contribution in [0, 0.1) is 5.92 Å². The Bertz CT molecular complexity index is 210. The second-order valence-electron chi connectivity index (χ2n) is 4.86. The minimum atomic E-state index is -0.0399. The first-order valence-corrected chi connectivity index (χ1v) is 6.36. The highest BCUT2D eigenvalue weighted by Crippen LogP contribution is 2.15. The van der Waals surface area contributed by atoms with Gasteiger partial charge in [0.2, 0.25) is 5.91 Å². The van der Waals surface area contributed by atoms with Crippen LogP contribution in [-0.2, 0) is 4.79 Å². The summed E-state index contributed by atoms with van der Waals surface area (Å²) in [6.45, 7) is 8.37. The molecule has 0 radical (unpaired) electrons. The fourth-order valence-corrected chi connectivity index (χ4v) is 2.13. The highest BCUT2D eigenvalue weighted by molar-refractivity contribution is 5.76. The van der Waals surface area contributed by atoms with E-state index in [-0.39, 0.29) is 11.9 Å². The molecule has 0 aromatic heterocycles. The third-order valence-electron chi connectivity index (χ3n) is 3.25. The van der Waals surface area contributed by atoms with Gasteiger partial charge in [-0.1, -0.05) is 6.92 Å². The summed E-state index contributed by atoms with van der Waals surface area (Å²) in [5.41, 5.74) is 5.57. The van der Waals surface area contributed by atoms with Gasteiger partial charge in [-0.15, -0.1) is 0 Å². The molecular weight excluding hydrogens is 202 g/mol. The van der Waals surface area contributed by atoms with Crippen molar-refractivity contribution in [2.45, 2.75) is 39.2 Å². The van der Waals surface area contributed by atoms with E-state index >= 15 is 0 Å². The lowest BCUT2D eigenvalue weighted by molar-refractivity contribution is -0.121. The van der Waals surface area contributed by atoms with E-state index in [0.717, 1.165) is 13.1 Å². The molecule has 3 N–H and O–H groups in total. The Morgan fingerprint density at radius 1 is 1.50 bits per heavy atom. The van der Waals surface area contributed by atoms with Crippen LogP contribution in [0.4, 0.5) is 0 Å². The van der Waals surface area contributed by atoms with Crippen LogP contribution in [0.5, 0.6) is 0 Å². The first kappa shape index (κ1) is 13.5. The molecule has 1 atom stereocenters. The summed E-state index contributed by atoms with van der Waals surface area (Å²) in [5.74, 6) is 0.743. The van der Waals surface area contributed by atoms with Gasteiger partial charge in [-0.2, -0.15) is 0 Å². The van der Waals surface area contributed by atoms with Gasteiger partial charge in [0.15, 0.2) is 0 Å². The fourth-order valence-electron chi connectivity index (χ4n) is 2.13. The lowest BCUT2D eigenvalue weighted by Crippen LogP contribution is -2.39. The van der Waals surface area contributed by atoms with Gasteiger partial charge in [0, 0.05) is 19.0 Å². The molecule has 1 aliphatic heterocycles. The lowest BCUT2D eigenvalue weighted by Gasteiger charge is -2.31. The van der Waals surface area contributed by atoms with Crippen molar-refractivity contribution in [3.8, 4) is 0 Å². The normalized spacial score (nSPS) is 20.7. The zero-order valence-corrected chi connectivity index (χ0v) is 10.5. The molecular formula is C12H25N3O. The summed E-state index contributed by atoms with van der Waals surface area (Å²) < 4.78 is 0. The molecule has 0 bridgehead atoms. The number of nitrogens with zero attached hydrogens (tertiary/aromatic N) is 1. The minimum absolute atomic E-state index is 0.0399. The van der Waals surface area contributed by atoms with Crippen LogP contribution in [0.2, 0.25) is 0 Å². The van der Waals surface area contributed by atoms with Crippen LogP contribution in [0.1, 0.15) is 33.1 Å². The van der Waals surface area contributed by atoms with Gasteiger partial charge in [0.25, 0.3) is 0 Å². The van der Waals surface area contributed by atoms with Crippen LogP contribution in [0.15, 0.2) is 0 Å². The molecule has 1 aliphatic rings. The highest BCUT2D eigenvalue weighted by Gasteiger charge is 2.18. The number of carbonyl (C=O) groups is 1. The van der Waals surface area contributed by atoms with Gasteiger partial charge >= 0.3 is 0 Å². The molecule has 0 aliphatic carbocycles. The van der Waals surface area contributed by atoms with E-state index in [1.807, 2.05) is 6.92 Å². The number of carbonyl (C=O) groups excluding carboxylic acids is 1. The molecule has 1 amide bonds. The Kier molecular flexibility index (Phi) is 5.77. The van der Waals surface area contributed by atoms with E-state index in [2.05, 4.69) is 17.1 Å². The zero-order valence-electron chi connectivity index (χ0n) is 10.5. The van der Waals surface area contributed by atoms with Crippen molar-refractivity contribution >= 4 is 5.91 Å². The molecule has 16 heavy (non-hydrogen) atoms. The van der Waals surface area contributed by atoms with Crippen LogP contribution < -0.4 is 11.1 Å². The van der Waals surface area contributed by atoms with Crippen LogP contribution in [0.25, 0.3) is 0 Å². The number of hydrogen-bond donors (Lipinski definition) is 2. The van der Waals surface area contributed by atoms with Gasteiger partial charge < -0.3 is 16.0 Å². The number of likely N-dealkylation sites (tertiary alicyclic amines) is 1. The molecule has 1 heterocycles. The Labute approximate surface area is 98.6 Å². The van der Waals surface area contributed by atoms with Crippen molar-refractivity contribution in [1.82, 2.24) is 10.2 Å². The zero-order chi connectivity index (χ0) is 12.0. The number of nitrogens with one attached hydrogen (secondary N) is 1. The highest BCUT2D eigenvalue weighted by atomic mass is 16.1. The van der Waals surface area contributed by atoms with Crippen molar-refractivity contribution in [3.63, 3.8) is 0 Å². The Hall–Kier alpha value is -0.610. The third kappa shape index (κ3) is 4.94. The maximum absolute atomic E-state index is 11.4. The van der Waals surface area contributed by atoms with Crippen molar-refractivity contribution in [2.75, 3.05) is 26.2 Å². The van der Waals surface area contributed by atoms with E-state index in [0.29, 0.717) is 12.3 Å². The molecule has 1 unspecified atom stereocenters. The first-order chi connectivity index (χ1) is 7.61. The second-order valence-corrected chi connectivity index (χ2v) is 4.86. The van der Waals surface area contributed by atoms with Gasteiger partial charge in [-0.3, -0.25) is 4.79 Å². The molecule has 0 aromatic rings. The Morgan fingerprint density at radius 3 is 2.62 bits per heavy atom. The molecule has 0 saturated carbocycles. The molecule has 94 valence electrons. The van der Waals surface area contributed by atoms with E-state index in [9.17, 15) is 4.79 Å². The van der Waals surface area contributed by atoms with Crippen molar-refractivity contribution in [2.24, 2.45) is 11.7 Å². The molecule has 1 fully saturated rings. The average molecular weight is 227 g/mol. The van der Waals surface area contributed by atoms with E-state index in [1.165, 1.54) is 25.9 Å². The van der Waals surface area contributed by atoms with E-state index < -0.39 is 0 Å². The summed E-state index contributed by atoms with van der Waals surface area (Å²) in [5, 5.41) is 2.98. The summed E-state index contributed by atoms with van der Waals surface area (Å²) in [6, 6.07) is -0.0399. The predicted octanol–water partition coefficient (Wildman–Crippen LogP) is 0.572. The number of amides is 1. The Morgan fingerprint density at radius 2 is 2.12 bits per heavy atom. The Balaban J connectivity index is 2.12. The molecule has 0 aromatic carbocycles. The smallest absolute Gasteiger partial charge is 0.221 e. The van der Waals surface area contributed by atoms with Crippen LogP contribution >= 0.6 is 0 Å². The quantitative estimate of drug-likeness (QED) is 0.722. The SMILES string of the molecule is CCN1CCC(CNC(=O)CC(C)N)CC1. The number of hydrogen-bond acceptors (Lipinski definition) is 3. The molecule has 1 rings (SSSR count). The first-order valence-electron chi connectivity index (χ1n) is 6.36. The summed E-state index contributed by atoms with van der Waals surface area (Å²) in [7, 11) is 0. The van der Waals surface area contributed by atoms with Gasteiger partial charge in [-0.25, -0.2) is 0 Å². The third-order valence-corrected chi connectivity index (χ3v) is 3.25. The molecule has 4 heteroatoms. The van der Waals surface area contributed by atoms with Crippen molar-refractivity contribution < 1.29 is 4.79 Å². The summed E-state index contributed by atoms with van der Waals surface area (Å²) >= 11 is 0. The topological polar surface area (TPSA) is 58.4 Å². The lowest BCUT2D eigenvalue weighted by atomic mass is 9.97. The second kappa shape index (κ2) is 6.86. The number of piperidine rings is 1. The minimum Gasteiger partial charge on any atom is -0.356 e. The largest absolute Gasteiger partial charge is 0.356 e. The van der Waals surface area contributed by atoms with Crippen LogP contribution in [-0.4, -0.2) is 43.0 Å². The van der Waals surface area contributed by atoms with Crippen LogP contribution in [0.3, 0.4) is 0 Å². The summed E-state index contributed by atoms with van der Waals surface area (Å²) in [6.07, 6.45) is 2.84. The number of nitrogens with two attached hydrogens (primary N) is 1. The monoisotopic (exact) mass is 227 g/mol. The maximum atomic E-state index is 11.4. The van der Waals surface area contributed by atoms with Gasteiger partial charge in [0.05, 0.1) is 0 Å². The molecule has 1 saturated heterocycles.